The predicted octanol–water partition coefficient (Wildman–Crippen LogP) is 4.87. The SMILES string of the molecule is CCCc1nc(Cc2ccc(Cl)cc2)nc(NCC)c1Br. The summed E-state index contributed by atoms with van der Waals surface area (Å²) in [5.74, 6) is 1.71. The molecule has 0 fully saturated rings. The Kier molecular flexibility index (Phi) is 6.00. The first-order valence-corrected chi connectivity index (χ1v) is 8.34. The maximum Gasteiger partial charge on any atom is 0.144 e. The smallest absolute Gasteiger partial charge is 0.144 e. The Morgan fingerprint density at radius 3 is 2.48 bits per heavy atom. The van der Waals surface area contributed by atoms with E-state index in [1.54, 1.807) is 0 Å². The average molecular weight is 369 g/mol. The van der Waals surface area contributed by atoms with Gasteiger partial charge in [-0.2, -0.15) is 0 Å². The zero-order chi connectivity index (χ0) is 15.2. The maximum atomic E-state index is 5.92. The first-order chi connectivity index (χ1) is 10.1. The van der Waals surface area contributed by atoms with E-state index in [4.69, 9.17) is 16.6 Å². The van der Waals surface area contributed by atoms with E-state index in [0.29, 0.717) is 6.42 Å². The summed E-state index contributed by atoms with van der Waals surface area (Å²) in [5, 5.41) is 4.04. The second-order valence-electron chi connectivity index (χ2n) is 4.83. The number of hydrogen-bond acceptors (Lipinski definition) is 3. The normalized spacial score (nSPS) is 10.7. The van der Waals surface area contributed by atoms with Crippen LogP contribution in [-0.2, 0) is 12.8 Å². The molecule has 0 bridgehead atoms. The van der Waals surface area contributed by atoms with Gasteiger partial charge in [0.1, 0.15) is 11.6 Å². The summed E-state index contributed by atoms with van der Waals surface area (Å²) in [7, 11) is 0. The van der Waals surface area contributed by atoms with Crippen LogP contribution in [0.25, 0.3) is 0 Å². The Morgan fingerprint density at radius 2 is 1.86 bits per heavy atom. The van der Waals surface area contributed by atoms with Gasteiger partial charge in [0.15, 0.2) is 0 Å². The largest absolute Gasteiger partial charge is 0.369 e. The third kappa shape index (κ3) is 4.42. The van der Waals surface area contributed by atoms with E-state index >= 15 is 0 Å². The molecule has 0 radical (unpaired) electrons. The fraction of sp³-hybridized carbons (Fsp3) is 0.375. The van der Waals surface area contributed by atoms with E-state index in [9.17, 15) is 0 Å². The monoisotopic (exact) mass is 367 g/mol. The number of halogens is 2. The Morgan fingerprint density at radius 1 is 1.14 bits per heavy atom. The van der Waals surface area contributed by atoms with Crippen LogP contribution in [0, 0.1) is 0 Å². The van der Waals surface area contributed by atoms with Gasteiger partial charge in [-0.3, -0.25) is 0 Å². The number of anilines is 1. The van der Waals surface area contributed by atoms with Crippen molar-refractivity contribution < 1.29 is 0 Å². The van der Waals surface area contributed by atoms with E-state index in [-0.39, 0.29) is 0 Å². The lowest BCUT2D eigenvalue weighted by atomic mass is 10.1. The highest BCUT2D eigenvalue weighted by Gasteiger charge is 2.11. The van der Waals surface area contributed by atoms with Gasteiger partial charge in [-0.1, -0.05) is 37.1 Å². The summed E-state index contributed by atoms with van der Waals surface area (Å²) in [6, 6.07) is 7.82. The van der Waals surface area contributed by atoms with Gasteiger partial charge in [0.25, 0.3) is 0 Å². The zero-order valence-electron chi connectivity index (χ0n) is 12.3. The minimum Gasteiger partial charge on any atom is -0.369 e. The van der Waals surface area contributed by atoms with Gasteiger partial charge in [0.2, 0.25) is 0 Å². The van der Waals surface area contributed by atoms with E-state index in [1.807, 2.05) is 24.3 Å². The molecule has 1 aromatic heterocycles. The summed E-state index contributed by atoms with van der Waals surface area (Å²) >= 11 is 9.53. The molecule has 0 aliphatic rings. The summed E-state index contributed by atoms with van der Waals surface area (Å²) < 4.78 is 0.978. The molecule has 1 aromatic carbocycles. The number of aromatic nitrogens is 2. The van der Waals surface area contributed by atoms with E-state index in [1.165, 1.54) is 0 Å². The molecule has 3 nitrogen and oxygen atoms in total. The van der Waals surface area contributed by atoms with Gasteiger partial charge >= 0.3 is 0 Å². The van der Waals surface area contributed by atoms with E-state index in [2.05, 4.69) is 40.1 Å². The van der Waals surface area contributed by atoms with Crippen molar-refractivity contribution >= 4 is 33.3 Å². The second kappa shape index (κ2) is 7.76. The Labute approximate surface area is 139 Å². The van der Waals surface area contributed by atoms with Crippen LogP contribution in [0.3, 0.4) is 0 Å². The van der Waals surface area contributed by atoms with Crippen molar-refractivity contribution in [2.24, 2.45) is 0 Å². The molecular formula is C16H19BrClN3. The molecule has 1 heterocycles. The summed E-state index contributed by atoms with van der Waals surface area (Å²) in [5.41, 5.74) is 2.22. The number of benzene rings is 1. The molecule has 0 saturated carbocycles. The third-order valence-electron chi connectivity index (χ3n) is 3.07. The van der Waals surface area contributed by atoms with Gasteiger partial charge in [0.05, 0.1) is 10.2 Å². The molecule has 0 saturated heterocycles. The third-order valence-corrected chi connectivity index (χ3v) is 4.16. The maximum absolute atomic E-state index is 5.92. The first-order valence-electron chi connectivity index (χ1n) is 7.17. The van der Waals surface area contributed by atoms with Gasteiger partial charge in [-0.15, -0.1) is 0 Å². The van der Waals surface area contributed by atoms with Gasteiger partial charge < -0.3 is 5.32 Å². The highest BCUT2D eigenvalue weighted by molar-refractivity contribution is 9.10. The molecule has 2 aromatic rings. The lowest BCUT2D eigenvalue weighted by molar-refractivity contribution is 0.834. The topological polar surface area (TPSA) is 37.8 Å². The van der Waals surface area contributed by atoms with Crippen LogP contribution in [0.4, 0.5) is 5.82 Å². The molecule has 1 N–H and O–H groups in total. The van der Waals surface area contributed by atoms with E-state index in [0.717, 1.165) is 51.8 Å². The minimum absolute atomic E-state index is 0.708. The van der Waals surface area contributed by atoms with Crippen molar-refractivity contribution in [3.63, 3.8) is 0 Å². The van der Waals surface area contributed by atoms with Crippen LogP contribution >= 0.6 is 27.5 Å². The number of nitrogens with zero attached hydrogens (tertiary/aromatic N) is 2. The summed E-state index contributed by atoms with van der Waals surface area (Å²) in [4.78, 5) is 9.31. The fourth-order valence-corrected chi connectivity index (χ4v) is 2.74. The van der Waals surface area contributed by atoms with Crippen molar-refractivity contribution in [1.29, 1.82) is 0 Å². The number of nitrogens with one attached hydrogen (secondary N) is 1. The number of hydrogen-bond donors (Lipinski definition) is 1. The Hall–Kier alpha value is -1.13. The molecule has 0 spiro atoms. The summed E-state index contributed by atoms with van der Waals surface area (Å²) in [6.45, 7) is 5.05. The molecule has 0 unspecified atom stereocenters. The summed E-state index contributed by atoms with van der Waals surface area (Å²) in [6.07, 6.45) is 2.70. The van der Waals surface area contributed by atoms with Crippen LogP contribution in [0.2, 0.25) is 5.02 Å². The van der Waals surface area contributed by atoms with Crippen LogP contribution in [0.15, 0.2) is 28.7 Å². The fourth-order valence-electron chi connectivity index (χ4n) is 2.10. The van der Waals surface area contributed by atoms with Crippen molar-refractivity contribution in [3.8, 4) is 0 Å². The lowest BCUT2D eigenvalue weighted by Crippen LogP contribution is -2.08. The molecule has 0 atom stereocenters. The highest BCUT2D eigenvalue weighted by Crippen LogP contribution is 2.25. The molecule has 5 heteroatoms. The van der Waals surface area contributed by atoms with Crippen molar-refractivity contribution in [2.45, 2.75) is 33.1 Å². The van der Waals surface area contributed by atoms with E-state index < -0.39 is 0 Å². The molecule has 0 aliphatic heterocycles. The molecule has 21 heavy (non-hydrogen) atoms. The minimum atomic E-state index is 0.708. The Bertz CT molecular complexity index is 572. The van der Waals surface area contributed by atoms with Gasteiger partial charge in [0, 0.05) is 18.0 Å². The number of rotatable bonds is 6. The van der Waals surface area contributed by atoms with Crippen LogP contribution < -0.4 is 5.32 Å². The quantitative estimate of drug-likeness (QED) is 0.790. The van der Waals surface area contributed by atoms with Crippen molar-refractivity contribution in [2.75, 3.05) is 11.9 Å². The molecule has 2 rings (SSSR count). The van der Waals surface area contributed by atoms with Gasteiger partial charge in [-0.25, -0.2) is 9.97 Å². The van der Waals surface area contributed by atoms with Gasteiger partial charge in [-0.05, 0) is 47.0 Å². The highest BCUT2D eigenvalue weighted by atomic mass is 79.9. The van der Waals surface area contributed by atoms with Crippen LogP contribution in [0.5, 0.6) is 0 Å². The predicted molar refractivity (Wildman–Crippen MR) is 92.1 cm³/mol. The van der Waals surface area contributed by atoms with Crippen LogP contribution in [-0.4, -0.2) is 16.5 Å². The Balaban J connectivity index is 2.31. The molecular weight excluding hydrogens is 350 g/mol. The van der Waals surface area contributed by atoms with Crippen molar-refractivity contribution in [3.05, 3.63) is 50.8 Å². The average Bonchev–Trinajstić information content (AvgIpc) is 2.47. The zero-order valence-corrected chi connectivity index (χ0v) is 14.6. The lowest BCUT2D eigenvalue weighted by Gasteiger charge is -2.12. The standard InChI is InChI=1S/C16H19BrClN3/c1-3-5-13-15(17)16(19-4-2)21-14(20-13)10-11-6-8-12(18)9-7-11/h6-9H,3-5,10H2,1-2H3,(H,19,20,21). The first kappa shape index (κ1) is 16.2. The van der Waals surface area contributed by atoms with Crippen molar-refractivity contribution in [1.82, 2.24) is 9.97 Å². The second-order valence-corrected chi connectivity index (χ2v) is 6.06. The number of aryl methyl sites for hydroxylation is 1. The molecule has 0 amide bonds. The molecule has 112 valence electrons. The molecule has 0 aliphatic carbocycles. The van der Waals surface area contributed by atoms with Crippen LogP contribution in [0.1, 0.15) is 37.4 Å².